The third-order valence-corrected chi connectivity index (χ3v) is 4.72. The van der Waals surface area contributed by atoms with Crippen molar-refractivity contribution in [2.24, 2.45) is 0 Å². The predicted octanol–water partition coefficient (Wildman–Crippen LogP) is 2.20. The Bertz CT molecular complexity index is 774. The minimum absolute atomic E-state index is 0.134. The van der Waals surface area contributed by atoms with Crippen LogP contribution in [-0.4, -0.2) is 31.8 Å². The summed E-state index contributed by atoms with van der Waals surface area (Å²) in [5.74, 6) is 1.09. The number of carbonyl (C=O) groups excluding carboxylic acids is 1. The van der Waals surface area contributed by atoms with Gasteiger partial charge in [-0.25, -0.2) is 0 Å². The van der Waals surface area contributed by atoms with E-state index in [1.54, 1.807) is 26.4 Å². The molecule has 1 unspecified atom stereocenters. The number of hydrogen-bond donors (Lipinski definition) is 2. The summed E-state index contributed by atoms with van der Waals surface area (Å²) in [6, 6.07) is 13.3. The topological polar surface area (TPSA) is 67.8 Å². The number of amides is 1. The first kappa shape index (κ1) is 17.3. The van der Waals surface area contributed by atoms with Crippen LogP contribution in [0.3, 0.4) is 0 Å². The Kier molecular flexibility index (Phi) is 4.95. The summed E-state index contributed by atoms with van der Waals surface area (Å²) in [5, 5.41) is 13.7. The summed E-state index contributed by atoms with van der Waals surface area (Å²) in [5.41, 5.74) is 1.92. The highest BCUT2D eigenvalue weighted by atomic mass is 16.5. The zero-order valence-corrected chi connectivity index (χ0v) is 14.5. The summed E-state index contributed by atoms with van der Waals surface area (Å²) < 4.78 is 10.5. The van der Waals surface area contributed by atoms with E-state index in [1.807, 2.05) is 30.3 Å². The number of aliphatic hydroxyl groups is 1. The number of fused-ring (bicyclic) bond motifs is 1. The smallest absolute Gasteiger partial charge is 0.224 e. The van der Waals surface area contributed by atoms with Crippen LogP contribution in [0.1, 0.15) is 23.1 Å². The zero-order chi connectivity index (χ0) is 17.9. The lowest BCUT2D eigenvalue weighted by Crippen LogP contribution is -2.39. The Morgan fingerprint density at radius 3 is 2.68 bits per heavy atom. The van der Waals surface area contributed by atoms with Crippen molar-refractivity contribution in [3.05, 3.63) is 59.2 Å². The number of benzene rings is 2. The van der Waals surface area contributed by atoms with Gasteiger partial charge in [0.05, 0.1) is 27.2 Å². The minimum Gasteiger partial charge on any atom is -0.493 e. The first-order chi connectivity index (χ1) is 12.1. The van der Waals surface area contributed by atoms with Gasteiger partial charge in [-0.15, -0.1) is 0 Å². The van der Waals surface area contributed by atoms with Crippen molar-refractivity contribution in [3.8, 4) is 11.5 Å². The molecule has 0 saturated heterocycles. The minimum atomic E-state index is -0.982. The van der Waals surface area contributed by atoms with E-state index in [0.29, 0.717) is 17.9 Å². The van der Waals surface area contributed by atoms with Crippen LogP contribution in [0.15, 0.2) is 42.5 Å². The number of aryl methyl sites for hydroxylation is 1. The average molecular weight is 341 g/mol. The second-order valence-corrected chi connectivity index (χ2v) is 6.33. The summed E-state index contributed by atoms with van der Waals surface area (Å²) >= 11 is 0. The van der Waals surface area contributed by atoms with E-state index in [-0.39, 0.29) is 18.9 Å². The van der Waals surface area contributed by atoms with E-state index in [4.69, 9.17) is 9.47 Å². The predicted molar refractivity (Wildman–Crippen MR) is 94.9 cm³/mol. The van der Waals surface area contributed by atoms with Crippen LogP contribution in [0.5, 0.6) is 11.5 Å². The molecule has 1 amide bonds. The molecule has 2 aromatic rings. The van der Waals surface area contributed by atoms with Crippen molar-refractivity contribution >= 4 is 5.91 Å². The van der Waals surface area contributed by atoms with Crippen molar-refractivity contribution in [2.45, 2.75) is 24.9 Å². The van der Waals surface area contributed by atoms with Crippen molar-refractivity contribution < 1.29 is 19.4 Å². The molecule has 5 heteroatoms. The number of carbonyl (C=O) groups is 1. The third kappa shape index (κ3) is 3.61. The number of hydrogen-bond acceptors (Lipinski definition) is 4. The molecular weight excluding hydrogens is 318 g/mol. The SMILES string of the molecule is COc1ccc(CC(=O)NCC2(O)CCc3ccccc32)cc1OC. The van der Waals surface area contributed by atoms with Gasteiger partial charge < -0.3 is 19.9 Å². The molecule has 0 radical (unpaired) electrons. The molecule has 1 aliphatic carbocycles. The average Bonchev–Trinajstić information content (AvgIpc) is 2.98. The molecule has 2 aromatic carbocycles. The molecule has 132 valence electrons. The van der Waals surface area contributed by atoms with Crippen molar-refractivity contribution in [3.63, 3.8) is 0 Å². The second kappa shape index (κ2) is 7.15. The highest BCUT2D eigenvalue weighted by Crippen LogP contribution is 2.36. The Labute approximate surface area is 147 Å². The van der Waals surface area contributed by atoms with Crippen molar-refractivity contribution in [1.82, 2.24) is 5.32 Å². The molecule has 0 heterocycles. The number of methoxy groups -OCH3 is 2. The highest BCUT2D eigenvalue weighted by molar-refractivity contribution is 5.79. The maximum atomic E-state index is 12.3. The molecule has 1 aliphatic rings. The van der Waals surface area contributed by atoms with Gasteiger partial charge in [0.1, 0.15) is 5.60 Å². The Balaban J connectivity index is 1.62. The lowest BCUT2D eigenvalue weighted by atomic mass is 9.96. The van der Waals surface area contributed by atoms with Gasteiger partial charge in [0.15, 0.2) is 11.5 Å². The maximum absolute atomic E-state index is 12.3. The first-order valence-electron chi connectivity index (χ1n) is 8.34. The monoisotopic (exact) mass is 341 g/mol. The molecule has 0 saturated carbocycles. The Morgan fingerprint density at radius 1 is 1.16 bits per heavy atom. The van der Waals surface area contributed by atoms with Gasteiger partial charge in [-0.1, -0.05) is 30.3 Å². The van der Waals surface area contributed by atoms with Gasteiger partial charge in [-0.2, -0.15) is 0 Å². The van der Waals surface area contributed by atoms with Crippen molar-refractivity contribution in [1.29, 1.82) is 0 Å². The summed E-state index contributed by atoms with van der Waals surface area (Å²) in [6.45, 7) is 0.218. The largest absolute Gasteiger partial charge is 0.493 e. The summed E-state index contributed by atoms with van der Waals surface area (Å²) in [6.07, 6.45) is 1.68. The van der Waals surface area contributed by atoms with E-state index in [2.05, 4.69) is 5.32 Å². The molecule has 2 N–H and O–H groups in total. The van der Waals surface area contributed by atoms with E-state index >= 15 is 0 Å². The van der Waals surface area contributed by atoms with Crippen LogP contribution in [0.2, 0.25) is 0 Å². The Morgan fingerprint density at radius 2 is 1.92 bits per heavy atom. The quantitative estimate of drug-likeness (QED) is 0.845. The molecule has 3 rings (SSSR count). The van der Waals surface area contributed by atoms with Crippen LogP contribution in [0.4, 0.5) is 0 Å². The van der Waals surface area contributed by atoms with Crippen LogP contribution in [-0.2, 0) is 23.2 Å². The van der Waals surface area contributed by atoms with Gasteiger partial charge in [0, 0.05) is 0 Å². The van der Waals surface area contributed by atoms with Crippen LogP contribution in [0, 0.1) is 0 Å². The normalized spacial score (nSPS) is 18.5. The van der Waals surface area contributed by atoms with Crippen molar-refractivity contribution in [2.75, 3.05) is 20.8 Å². The maximum Gasteiger partial charge on any atom is 0.224 e. The molecule has 1 atom stereocenters. The molecule has 25 heavy (non-hydrogen) atoms. The fourth-order valence-electron chi connectivity index (χ4n) is 3.34. The highest BCUT2D eigenvalue weighted by Gasteiger charge is 2.36. The number of rotatable bonds is 6. The number of nitrogens with one attached hydrogen (secondary N) is 1. The Hall–Kier alpha value is -2.53. The van der Waals surface area contributed by atoms with Gasteiger partial charge in [0.25, 0.3) is 0 Å². The van der Waals surface area contributed by atoms with Crippen LogP contribution >= 0.6 is 0 Å². The first-order valence-corrected chi connectivity index (χ1v) is 8.34. The lowest BCUT2D eigenvalue weighted by Gasteiger charge is -2.24. The third-order valence-electron chi connectivity index (χ3n) is 4.72. The van der Waals surface area contributed by atoms with E-state index < -0.39 is 5.60 Å². The van der Waals surface area contributed by atoms with Gasteiger partial charge in [-0.05, 0) is 41.7 Å². The molecule has 0 aromatic heterocycles. The summed E-state index contributed by atoms with van der Waals surface area (Å²) in [7, 11) is 3.14. The molecule has 0 spiro atoms. The van der Waals surface area contributed by atoms with Crippen LogP contribution < -0.4 is 14.8 Å². The lowest BCUT2D eigenvalue weighted by molar-refractivity contribution is -0.121. The molecule has 0 aliphatic heterocycles. The second-order valence-electron chi connectivity index (χ2n) is 6.33. The zero-order valence-electron chi connectivity index (χ0n) is 14.5. The van der Waals surface area contributed by atoms with E-state index in [1.165, 1.54) is 0 Å². The fourth-order valence-corrected chi connectivity index (χ4v) is 3.34. The standard InChI is InChI=1S/C20H23NO4/c1-24-17-8-7-14(11-18(17)25-2)12-19(22)21-13-20(23)10-9-15-5-3-4-6-16(15)20/h3-8,11,23H,9-10,12-13H2,1-2H3,(H,21,22). The van der Waals surface area contributed by atoms with Gasteiger partial charge >= 0.3 is 0 Å². The van der Waals surface area contributed by atoms with Crippen LogP contribution in [0.25, 0.3) is 0 Å². The molecule has 0 bridgehead atoms. The molecule has 0 fully saturated rings. The molecular formula is C20H23NO4. The molecule has 5 nitrogen and oxygen atoms in total. The fraction of sp³-hybridized carbons (Fsp3) is 0.350. The summed E-state index contributed by atoms with van der Waals surface area (Å²) in [4.78, 5) is 12.3. The van der Waals surface area contributed by atoms with E-state index in [9.17, 15) is 9.90 Å². The van der Waals surface area contributed by atoms with E-state index in [0.717, 1.165) is 23.1 Å². The number of ether oxygens (including phenoxy) is 2. The van der Waals surface area contributed by atoms with Gasteiger partial charge in [-0.3, -0.25) is 4.79 Å². The van der Waals surface area contributed by atoms with Gasteiger partial charge in [0.2, 0.25) is 5.91 Å².